The van der Waals surface area contributed by atoms with E-state index in [1.165, 1.54) is 0 Å². The van der Waals surface area contributed by atoms with E-state index in [9.17, 15) is 4.79 Å². The van der Waals surface area contributed by atoms with Crippen LogP contribution in [0.3, 0.4) is 0 Å². The lowest BCUT2D eigenvalue weighted by molar-refractivity contribution is 0.0919. The minimum Gasteiger partial charge on any atom is -0.339 e. The molecule has 4 heteroatoms. The van der Waals surface area contributed by atoms with E-state index in [2.05, 4.69) is 10.4 Å². The van der Waals surface area contributed by atoms with Crippen LogP contribution in [0.2, 0.25) is 0 Å². The monoisotopic (exact) mass is 381 g/mol. The van der Waals surface area contributed by atoms with Crippen molar-refractivity contribution in [1.29, 1.82) is 0 Å². The van der Waals surface area contributed by atoms with Crippen LogP contribution in [0.5, 0.6) is 0 Å². The summed E-state index contributed by atoms with van der Waals surface area (Å²) in [5, 5.41) is 7.47. The van der Waals surface area contributed by atoms with Crippen molar-refractivity contribution in [3.05, 3.63) is 126 Å². The molecular formula is C25H23N3O. The summed E-state index contributed by atoms with van der Waals surface area (Å²) >= 11 is 0. The zero-order valence-corrected chi connectivity index (χ0v) is 16.3. The Balaban J connectivity index is 1.58. The summed E-state index contributed by atoms with van der Waals surface area (Å²) in [6.45, 7) is 2.72. The predicted molar refractivity (Wildman–Crippen MR) is 115 cm³/mol. The van der Waals surface area contributed by atoms with Gasteiger partial charge in [-0.3, -0.25) is 9.48 Å². The second-order valence-corrected chi connectivity index (χ2v) is 7.21. The molecule has 0 aliphatic rings. The largest absolute Gasteiger partial charge is 0.339 e. The van der Waals surface area contributed by atoms with Crippen LogP contribution >= 0.6 is 0 Å². The highest BCUT2D eigenvalue weighted by Crippen LogP contribution is 2.29. The van der Waals surface area contributed by atoms with Crippen LogP contribution in [0.25, 0.3) is 0 Å². The quantitative estimate of drug-likeness (QED) is 0.529. The smallest absolute Gasteiger partial charge is 0.252 e. The molecule has 3 aromatic carbocycles. The number of hydrogen-bond donors (Lipinski definition) is 1. The van der Waals surface area contributed by atoms with E-state index in [4.69, 9.17) is 0 Å². The fraction of sp³-hybridized carbons (Fsp3) is 0.120. The molecule has 0 spiro atoms. The van der Waals surface area contributed by atoms with Gasteiger partial charge in [-0.2, -0.15) is 5.10 Å². The second-order valence-electron chi connectivity index (χ2n) is 7.21. The van der Waals surface area contributed by atoms with Gasteiger partial charge < -0.3 is 5.32 Å². The number of rotatable bonds is 6. The van der Waals surface area contributed by atoms with Crippen molar-refractivity contribution in [3.8, 4) is 0 Å². The third-order valence-corrected chi connectivity index (χ3v) is 5.19. The standard InChI is InChI=1S/C25H23N3O/c1-25(22-9-4-2-5-10-22,23-11-6-3-7-12-23)27-24(29)21-15-13-20(14-16-21)19-28-18-8-17-26-28/h2-18H,19H2,1H3,(H,27,29). The van der Waals surface area contributed by atoms with Gasteiger partial charge in [0.2, 0.25) is 0 Å². The summed E-state index contributed by atoms with van der Waals surface area (Å²) in [5.41, 5.74) is 3.17. The van der Waals surface area contributed by atoms with E-state index in [0.29, 0.717) is 12.1 Å². The molecule has 1 N–H and O–H groups in total. The Labute approximate surface area is 170 Å². The molecule has 4 rings (SSSR count). The van der Waals surface area contributed by atoms with Gasteiger partial charge in [0.15, 0.2) is 0 Å². The maximum absolute atomic E-state index is 13.1. The molecule has 0 aliphatic carbocycles. The Kier molecular flexibility index (Phi) is 5.25. The summed E-state index contributed by atoms with van der Waals surface area (Å²) in [6.07, 6.45) is 3.68. The van der Waals surface area contributed by atoms with E-state index >= 15 is 0 Å². The zero-order chi connectivity index (χ0) is 20.1. The molecule has 0 saturated carbocycles. The molecule has 4 nitrogen and oxygen atoms in total. The first kappa shape index (κ1) is 18.7. The van der Waals surface area contributed by atoms with Crippen molar-refractivity contribution < 1.29 is 4.79 Å². The number of nitrogens with zero attached hydrogens (tertiary/aromatic N) is 2. The molecule has 1 aromatic heterocycles. The first-order valence-corrected chi connectivity index (χ1v) is 9.65. The Bertz CT molecular complexity index is 1020. The maximum atomic E-state index is 13.1. The van der Waals surface area contributed by atoms with E-state index < -0.39 is 5.54 Å². The summed E-state index contributed by atoms with van der Waals surface area (Å²) in [7, 11) is 0. The predicted octanol–water partition coefficient (Wildman–Crippen LogP) is 4.62. The minimum absolute atomic E-state index is 0.106. The molecule has 29 heavy (non-hydrogen) atoms. The Morgan fingerprint density at radius 3 is 1.97 bits per heavy atom. The van der Waals surface area contributed by atoms with Crippen LogP contribution in [-0.2, 0) is 12.1 Å². The highest BCUT2D eigenvalue weighted by atomic mass is 16.1. The average molecular weight is 381 g/mol. The lowest BCUT2D eigenvalue weighted by atomic mass is 9.84. The maximum Gasteiger partial charge on any atom is 0.252 e. The number of amides is 1. The van der Waals surface area contributed by atoms with Crippen molar-refractivity contribution in [1.82, 2.24) is 15.1 Å². The zero-order valence-electron chi connectivity index (χ0n) is 16.3. The molecule has 0 bridgehead atoms. The van der Waals surface area contributed by atoms with Crippen molar-refractivity contribution in [2.75, 3.05) is 0 Å². The third-order valence-electron chi connectivity index (χ3n) is 5.19. The lowest BCUT2D eigenvalue weighted by Crippen LogP contribution is -2.44. The topological polar surface area (TPSA) is 46.9 Å². The lowest BCUT2D eigenvalue weighted by Gasteiger charge is -2.32. The van der Waals surface area contributed by atoms with Gasteiger partial charge in [0.05, 0.1) is 12.1 Å². The second kappa shape index (κ2) is 8.15. The number of benzene rings is 3. The van der Waals surface area contributed by atoms with Crippen LogP contribution in [0.4, 0.5) is 0 Å². The molecule has 144 valence electrons. The molecular weight excluding hydrogens is 358 g/mol. The summed E-state index contributed by atoms with van der Waals surface area (Å²) in [4.78, 5) is 13.1. The van der Waals surface area contributed by atoms with Gasteiger partial charge in [-0.25, -0.2) is 0 Å². The van der Waals surface area contributed by atoms with E-state index in [0.717, 1.165) is 16.7 Å². The highest BCUT2D eigenvalue weighted by Gasteiger charge is 2.30. The number of aromatic nitrogens is 2. The number of carbonyl (C=O) groups is 1. The van der Waals surface area contributed by atoms with Gasteiger partial charge >= 0.3 is 0 Å². The Morgan fingerprint density at radius 2 is 1.45 bits per heavy atom. The number of nitrogens with one attached hydrogen (secondary N) is 1. The highest BCUT2D eigenvalue weighted by molar-refractivity contribution is 5.95. The molecule has 4 aromatic rings. The number of carbonyl (C=O) groups excluding carboxylic acids is 1. The van der Waals surface area contributed by atoms with Crippen LogP contribution < -0.4 is 5.32 Å². The van der Waals surface area contributed by atoms with Crippen LogP contribution in [0.1, 0.15) is 34.0 Å². The molecule has 0 atom stereocenters. The van der Waals surface area contributed by atoms with Crippen molar-refractivity contribution in [3.63, 3.8) is 0 Å². The van der Waals surface area contributed by atoms with E-state index in [1.807, 2.05) is 109 Å². The molecule has 0 fully saturated rings. The van der Waals surface area contributed by atoms with Gasteiger partial charge in [0.25, 0.3) is 5.91 Å². The van der Waals surface area contributed by atoms with Gasteiger partial charge in [-0.1, -0.05) is 72.8 Å². The average Bonchev–Trinajstić information content (AvgIpc) is 3.28. The van der Waals surface area contributed by atoms with Gasteiger partial charge in [-0.05, 0) is 41.8 Å². The van der Waals surface area contributed by atoms with Gasteiger partial charge in [0.1, 0.15) is 0 Å². The fourth-order valence-corrected chi connectivity index (χ4v) is 3.50. The van der Waals surface area contributed by atoms with E-state index in [-0.39, 0.29) is 5.91 Å². The van der Waals surface area contributed by atoms with Gasteiger partial charge in [0, 0.05) is 18.0 Å². The normalized spacial score (nSPS) is 11.2. The molecule has 0 radical (unpaired) electrons. The summed E-state index contributed by atoms with van der Waals surface area (Å²) < 4.78 is 1.86. The molecule has 1 amide bonds. The Morgan fingerprint density at radius 1 is 0.862 bits per heavy atom. The first-order chi connectivity index (χ1) is 14.1. The van der Waals surface area contributed by atoms with Crippen molar-refractivity contribution in [2.24, 2.45) is 0 Å². The summed E-state index contributed by atoms with van der Waals surface area (Å²) in [6, 6.07) is 29.7. The van der Waals surface area contributed by atoms with Crippen molar-refractivity contribution in [2.45, 2.75) is 19.0 Å². The van der Waals surface area contributed by atoms with Crippen LogP contribution in [-0.4, -0.2) is 15.7 Å². The molecule has 1 heterocycles. The summed E-state index contributed by atoms with van der Waals surface area (Å²) in [5.74, 6) is -0.106. The minimum atomic E-state index is -0.632. The molecule has 0 saturated heterocycles. The molecule has 0 aliphatic heterocycles. The van der Waals surface area contributed by atoms with Gasteiger partial charge in [-0.15, -0.1) is 0 Å². The SMILES string of the molecule is CC(NC(=O)c1ccc(Cn2cccn2)cc1)(c1ccccc1)c1ccccc1. The van der Waals surface area contributed by atoms with Crippen LogP contribution in [0.15, 0.2) is 103 Å². The van der Waals surface area contributed by atoms with E-state index in [1.54, 1.807) is 6.20 Å². The third kappa shape index (κ3) is 4.11. The number of hydrogen-bond acceptors (Lipinski definition) is 2. The Hall–Kier alpha value is -3.66. The van der Waals surface area contributed by atoms with Crippen LogP contribution in [0, 0.1) is 0 Å². The first-order valence-electron chi connectivity index (χ1n) is 9.65. The van der Waals surface area contributed by atoms with Crippen molar-refractivity contribution >= 4 is 5.91 Å². The fourth-order valence-electron chi connectivity index (χ4n) is 3.50. The molecule has 0 unspecified atom stereocenters.